The number of nitrogens with zero attached hydrogens (tertiary/aromatic N) is 1. The lowest BCUT2D eigenvalue weighted by molar-refractivity contribution is 0.0527. The highest BCUT2D eigenvalue weighted by molar-refractivity contribution is 5.94. The minimum absolute atomic E-state index is 0.298. The first kappa shape index (κ1) is 13.4. The molecule has 0 aliphatic rings. The van der Waals surface area contributed by atoms with Gasteiger partial charge in [0.05, 0.1) is 6.61 Å². The molecule has 0 fully saturated rings. The SMILES string of the molecule is CCOC(=O)c1cccnc1NCC(C)NC. The van der Waals surface area contributed by atoms with Gasteiger partial charge in [-0.05, 0) is 33.0 Å². The highest BCUT2D eigenvalue weighted by atomic mass is 16.5. The molecule has 1 unspecified atom stereocenters. The van der Waals surface area contributed by atoms with E-state index in [0.29, 0.717) is 30.6 Å². The fourth-order valence-corrected chi connectivity index (χ4v) is 1.27. The molecule has 17 heavy (non-hydrogen) atoms. The van der Waals surface area contributed by atoms with Crippen molar-refractivity contribution in [1.29, 1.82) is 0 Å². The molecule has 0 saturated carbocycles. The lowest BCUT2D eigenvalue weighted by Crippen LogP contribution is -2.30. The summed E-state index contributed by atoms with van der Waals surface area (Å²) in [7, 11) is 1.89. The maximum absolute atomic E-state index is 11.7. The molecule has 0 aliphatic heterocycles. The summed E-state index contributed by atoms with van der Waals surface area (Å²) in [4.78, 5) is 15.8. The number of hydrogen-bond donors (Lipinski definition) is 2. The lowest BCUT2D eigenvalue weighted by atomic mass is 10.2. The number of anilines is 1. The highest BCUT2D eigenvalue weighted by Gasteiger charge is 2.13. The number of esters is 1. The largest absolute Gasteiger partial charge is 0.462 e. The molecule has 94 valence electrons. The van der Waals surface area contributed by atoms with Crippen molar-refractivity contribution >= 4 is 11.8 Å². The van der Waals surface area contributed by atoms with E-state index in [1.807, 2.05) is 14.0 Å². The standard InChI is InChI=1S/C12H19N3O2/c1-4-17-12(16)10-6-5-7-14-11(10)15-8-9(2)13-3/h5-7,9,13H,4,8H2,1-3H3,(H,14,15). The van der Waals surface area contributed by atoms with E-state index in [-0.39, 0.29) is 5.97 Å². The van der Waals surface area contributed by atoms with E-state index in [1.54, 1.807) is 25.3 Å². The Morgan fingerprint density at radius 1 is 1.59 bits per heavy atom. The van der Waals surface area contributed by atoms with Gasteiger partial charge in [0.25, 0.3) is 0 Å². The summed E-state index contributed by atoms with van der Waals surface area (Å²) >= 11 is 0. The molecule has 1 heterocycles. The number of likely N-dealkylation sites (N-methyl/N-ethyl adjacent to an activating group) is 1. The number of ether oxygens (including phenoxy) is 1. The van der Waals surface area contributed by atoms with Crippen molar-refractivity contribution in [2.75, 3.05) is 25.5 Å². The van der Waals surface area contributed by atoms with E-state index in [4.69, 9.17) is 4.74 Å². The van der Waals surface area contributed by atoms with Crippen LogP contribution >= 0.6 is 0 Å². The molecule has 1 aromatic heterocycles. The van der Waals surface area contributed by atoms with Gasteiger partial charge in [-0.2, -0.15) is 0 Å². The van der Waals surface area contributed by atoms with Crippen LogP contribution in [0.3, 0.4) is 0 Å². The van der Waals surface area contributed by atoms with Crippen molar-refractivity contribution in [2.24, 2.45) is 0 Å². The summed E-state index contributed by atoms with van der Waals surface area (Å²) < 4.78 is 4.97. The van der Waals surface area contributed by atoms with Gasteiger partial charge in [0.2, 0.25) is 0 Å². The summed E-state index contributed by atoms with van der Waals surface area (Å²) in [6.07, 6.45) is 1.65. The zero-order chi connectivity index (χ0) is 12.7. The topological polar surface area (TPSA) is 63.2 Å². The molecule has 1 aromatic rings. The Labute approximate surface area is 102 Å². The molecule has 1 atom stereocenters. The third-order valence-electron chi connectivity index (χ3n) is 2.37. The zero-order valence-corrected chi connectivity index (χ0v) is 10.5. The lowest BCUT2D eigenvalue weighted by Gasteiger charge is -2.13. The maximum atomic E-state index is 11.7. The normalized spacial score (nSPS) is 11.9. The first-order valence-electron chi connectivity index (χ1n) is 5.72. The number of aromatic nitrogens is 1. The second-order valence-electron chi connectivity index (χ2n) is 3.69. The van der Waals surface area contributed by atoms with Crippen molar-refractivity contribution in [3.8, 4) is 0 Å². The van der Waals surface area contributed by atoms with Gasteiger partial charge in [0, 0.05) is 18.8 Å². The van der Waals surface area contributed by atoms with E-state index in [2.05, 4.69) is 15.6 Å². The Hall–Kier alpha value is -1.62. The molecular formula is C12H19N3O2. The van der Waals surface area contributed by atoms with Gasteiger partial charge >= 0.3 is 5.97 Å². The number of rotatable bonds is 6. The van der Waals surface area contributed by atoms with Crippen LogP contribution in [0.25, 0.3) is 0 Å². The van der Waals surface area contributed by atoms with E-state index in [0.717, 1.165) is 0 Å². The first-order chi connectivity index (χ1) is 8.19. The minimum Gasteiger partial charge on any atom is -0.462 e. The van der Waals surface area contributed by atoms with Crippen LogP contribution in [0.15, 0.2) is 18.3 Å². The van der Waals surface area contributed by atoms with Gasteiger partial charge in [-0.3, -0.25) is 0 Å². The van der Waals surface area contributed by atoms with Gasteiger partial charge in [-0.1, -0.05) is 0 Å². The van der Waals surface area contributed by atoms with E-state index < -0.39 is 0 Å². The predicted octanol–water partition coefficient (Wildman–Crippen LogP) is 1.28. The molecule has 5 heteroatoms. The molecule has 0 amide bonds. The van der Waals surface area contributed by atoms with E-state index in [1.165, 1.54) is 0 Å². The number of carbonyl (C=O) groups is 1. The van der Waals surface area contributed by atoms with Crippen LogP contribution in [0, 0.1) is 0 Å². The molecule has 0 spiro atoms. The third kappa shape index (κ3) is 4.03. The van der Waals surface area contributed by atoms with E-state index in [9.17, 15) is 4.79 Å². The molecule has 0 saturated heterocycles. The van der Waals surface area contributed by atoms with Gasteiger partial charge in [-0.25, -0.2) is 9.78 Å². The molecule has 0 aliphatic carbocycles. The number of pyridine rings is 1. The van der Waals surface area contributed by atoms with Crippen molar-refractivity contribution < 1.29 is 9.53 Å². The van der Waals surface area contributed by atoms with Crippen LogP contribution in [-0.2, 0) is 4.74 Å². The van der Waals surface area contributed by atoms with Crippen molar-refractivity contribution in [3.63, 3.8) is 0 Å². The summed E-state index contributed by atoms with van der Waals surface area (Å²) in [6.45, 7) is 4.88. The van der Waals surface area contributed by atoms with Crippen LogP contribution in [0.4, 0.5) is 5.82 Å². The Bertz CT molecular complexity index is 369. The second kappa shape index (κ2) is 6.85. The van der Waals surface area contributed by atoms with Crippen molar-refractivity contribution in [2.45, 2.75) is 19.9 Å². The molecular weight excluding hydrogens is 218 g/mol. The zero-order valence-electron chi connectivity index (χ0n) is 10.5. The number of nitrogens with one attached hydrogen (secondary N) is 2. The van der Waals surface area contributed by atoms with Crippen molar-refractivity contribution in [1.82, 2.24) is 10.3 Å². The van der Waals surface area contributed by atoms with E-state index >= 15 is 0 Å². The van der Waals surface area contributed by atoms with Crippen LogP contribution < -0.4 is 10.6 Å². The van der Waals surface area contributed by atoms with Crippen LogP contribution in [0.1, 0.15) is 24.2 Å². The Morgan fingerprint density at radius 3 is 3.00 bits per heavy atom. The van der Waals surface area contributed by atoms with Gasteiger partial charge in [-0.15, -0.1) is 0 Å². The fourth-order valence-electron chi connectivity index (χ4n) is 1.27. The smallest absolute Gasteiger partial charge is 0.341 e. The maximum Gasteiger partial charge on any atom is 0.341 e. The van der Waals surface area contributed by atoms with Gasteiger partial charge in [0.15, 0.2) is 0 Å². The average molecular weight is 237 g/mol. The molecule has 1 rings (SSSR count). The Morgan fingerprint density at radius 2 is 2.35 bits per heavy atom. The molecule has 0 radical (unpaired) electrons. The molecule has 0 aromatic carbocycles. The monoisotopic (exact) mass is 237 g/mol. The minimum atomic E-state index is -0.347. The molecule has 5 nitrogen and oxygen atoms in total. The van der Waals surface area contributed by atoms with Gasteiger partial charge in [0.1, 0.15) is 11.4 Å². The average Bonchev–Trinajstić information content (AvgIpc) is 2.36. The quantitative estimate of drug-likeness (QED) is 0.730. The second-order valence-corrected chi connectivity index (χ2v) is 3.69. The van der Waals surface area contributed by atoms with Crippen LogP contribution in [0.5, 0.6) is 0 Å². The summed E-state index contributed by atoms with van der Waals surface area (Å²) in [5.74, 6) is 0.216. The summed E-state index contributed by atoms with van der Waals surface area (Å²) in [5.41, 5.74) is 0.470. The number of hydrogen-bond acceptors (Lipinski definition) is 5. The third-order valence-corrected chi connectivity index (χ3v) is 2.37. The predicted molar refractivity (Wildman–Crippen MR) is 67.2 cm³/mol. The Kier molecular flexibility index (Phi) is 5.42. The Balaban J connectivity index is 2.74. The highest BCUT2D eigenvalue weighted by Crippen LogP contribution is 2.12. The summed E-state index contributed by atoms with van der Waals surface area (Å²) in [5, 5.41) is 6.23. The first-order valence-corrected chi connectivity index (χ1v) is 5.72. The van der Waals surface area contributed by atoms with Crippen molar-refractivity contribution in [3.05, 3.63) is 23.9 Å². The summed E-state index contributed by atoms with van der Waals surface area (Å²) in [6, 6.07) is 3.73. The van der Waals surface area contributed by atoms with Crippen LogP contribution in [-0.4, -0.2) is 37.2 Å². The number of carbonyl (C=O) groups excluding carboxylic acids is 1. The molecule has 2 N–H and O–H groups in total. The molecule has 0 bridgehead atoms. The van der Waals surface area contributed by atoms with Crippen LogP contribution in [0.2, 0.25) is 0 Å². The fraction of sp³-hybridized carbons (Fsp3) is 0.500. The van der Waals surface area contributed by atoms with Gasteiger partial charge < -0.3 is 15.4 Å².